The zero-order chi connectivity index (χ0) is 18.5. The number of rotatable bonds is 7. The SMILES string of the molecule is CCN(CC)Cc1cccc(NC(=O)c2sc(-c3cccs3)nc2C)c1. The van der Waals surface area contributed by atoms with Crippen LogP contribution in [0.15, 0.2) is 41.8 Å². The van der Waals surface area contributed by atoms with E-state index in [9.17, 15) is 4.79 Å². The molecular formula is C20H23N3OS2. The van der Waals surface area contributed by atoms with E-state index in [1.54, 1.807) is 11.3 Å². The van der Waals surface area contributed by atoms with Crippen LogP contribution in [0.5, 0.6) is 0 Å². The van der Waals surface area contributed by atoms with Gasteiger partial charge in [0.1, 0.15) is 9.88 Å². The highest BCUT2D eigenvalue weighted by Gasteiger charge is 2.17. The van der Waals surface area contributed by atoms with Gasteiger partial charge in [-0.2, -0.15) is 0 Å². The predicted octanol–water partition coefficient (Wildman–Crippen LogP) is 5.27. The van der Waals surface area contributed by atoms with Gasteiger partial charge in [-0.1, -0.05) is 32.0 Å². The first-order chi connectivity index (χ1) is 12.6. The monoisotopic (exact) mass is 385 g/mol. The number of carbonyl (C=O) groups is 1. The number of thiazole rings is 1. The van der Waals surface area contributed by atoms with Gasteiger partial charge in [-0.05, 0) is 49.2 Å². The lowest BCUT2D eigenvalue weighted by atomic mass is 10.2. The van der Waals surface area contributed by atoms with Crippen LogP contribution in [-0.4, -0.2) is 28.9 Å². The summed E-state index contributed by atoms with van der Waals surface area (Å²) in [6.07, 6.45) is 0. The molecule has 2 aromatic heterocycles. The molecule has 0 aliphatic rings. The van der Waals surface area contributed by atoms with Crippen molar-refractivity contribution in [1.82, 2.24) is 9.88 Å². The Morgan fingerprint density at radius 2 is 2.00 bits per heavy atom. The predicted molar refractivity (Wildman–Crippen MR) is 111 cm³/mol. The van der Waals surface area contributed by atoms with Crippen molar-refractivity contribution in [3.05, 3.63) is 57.9 Å². The first kappa shape index (κ1) is 18.8. The maximum absolute atomic E-state index is 12.7. The van der Waals surface area contributed by atoms with Gasteiger partial charge in [0, 0.05) is 12.2 Å². The first-order valence-corrected chi connectivity index (χ1v) is 10.4. The van der Waals surface area contributed by atoms with E-state index in [2.05, 4.69) is 35.1 Å². The molecule has 0 fully saturated rings. The van der Waals surface area contributed by atoms with Gasteiger partial charge in [0.25, 0.3) is 5.91 Å². The van der Waals surface area contributed by atoms with Gasteiger partial charge in [0.15, 0.2) is 0 Å². The second kappa shape index (κ2) is 8.58. The third-order valence-corrected chi connectivity index (χ3v) is 6.42. The summed E-state index contributed by atoms with van der Waals surface area (Å²) in [5.74, 6) is -0.0946. The fraction of sp³-hybridized carbons (Fsp3) is 0.300. The minimum absolute atomic E-state index is 0.0946. The number of hydrogen-bond acceptors (Lipinski definition) is 5. The minimum Gasteiger partial charge on any atom is -0.321 e. The van der Waals surface area contributed by atoms with Gasteiger partial charge in [0.2, 0.25) is 0 Å². The number of aromatic nitrogens is 1. The Morgan fingerprint density at radius 1 is 1.19 bits per heavy atom. The van der Waals surface area contributed by atoms with Crippen LogP contribution < -0.4 is 5.32 Å². The van der Waals surface area contributed by atoms with Crippen molar-refractivity contribution >= 4 is 34.3 Å². The van der Waals surface area contributed by atoms with Gasteiger partial charge in [0.05, 0.1) is 10.6 Å². The molecule has 0 unspecified atom stereocenters. The molecule has 0 radical (unpaired) electrons. The molecular weight excluding hydrogens is 362 g/mol. The number of anilines is 1. The summed E-state index contributed by atoms with van der Waals surface area (Å²) in [6.45, 7) is 9.12. The summed E-state index contributed by atoms with van der Waals surface area (Å²) in [4.78, 5) is 21.4. The van der Waals surface area contributed by atoms with Crippen LogP contribution >= 0.6 is 22.7 Å². The maximum atomic E-state index is 12.7. The highest BCUT2D eigenvalue weighted by molar-refractivity contribution is 7.22. The number of hydrogen-bond donors (Lipinski definition) is 1. The standard InChI is InChI=1S/C20H23N3OS2/c1-4-23(5-2)13-15-8-6-9-16(12-15)22-19(24)18-14(3)21-20(26-18)17-10-7-11-25-17/h6-12H,4-5,13H2,1-3H3,(H,22,24). The molecule has 0 aliphatic carbocycles. The van der Waals surface area contributed by atoms with Crippen LogP contribution in [-0.2, 0) is 6.54 Å². The van der Waals surface area contributed by atoms with E-state index in [1.807, 2.05) is 42.6 Å². The molecule has 6 heteroatoms. The minimum atomic E-state index is -0.0946. The maximum Gasteiger partial charge on any atom is 0.267 e. The summed E-state index contributed by atoms with van der Waals surface area (Å²) in [7, 11) is 0. The van der Waals surface area contributed by atoms with Crippen LogP contribution in [0.4, 0.5) is 5.69 Å². The van der Waals surface area contributed by atoms with Crippen molar-refractivity contribution in [1.29, 1.82) is 0 Å². The molecule has 26 heavy (non-hydrogen) atoms. The quantitative estimate of drug-likeness (QED) is 0.602. The Labute approximate surface area is 162 Å². The van der Waals surface area contributed by atoms with E-state index < -0.39 is 0 Å². The van der Waals surface area contributed by atoms with Crippen molar-refractivity contribution in [3.63, 3.8) is 0 Å². The number of carbonyl (C=O) groups excluding carboxylic acids is 1. The Morgan fingerprint density at radius 3 is 2.69 bits per heavy atom. The smallest absolute Gasteiger partial charge is 0.267 e. The molecule has 0 saturated carbocycles. The Hall–Kier alpha value is -2.02. The van der Waals surface area contributed by atoms with Gasteiger partial charge < -0.3 is 5.32 Å². The Balaban J connectivity index is 1.74. The third-order valence-electron chi connectivity index (χ3n) is 4.22. The lowest BCUT2D eigenvalue weighted by Crippen LogP contribution is -2.22. The second-order valence-electron chi connectivity index (χ2n) is 6.03. The molecule has 0 bridgehead atoms. The van der Waals surface area contributed by atoms with E-state index in [4.69, 9.17) is 0 Å². The van der Waals surface area contributed by atoms with E-state index in [1.165, 1.54) is 16.9 Å². The summed E-state index contributed by atoms with van der Waals surface area (Å²) < 4.78 is 0. The zero-order valence-electron chi connectivity index (χ0n) is 15.3. The van der Waals surface area contributed by atoms with Gasteiger partial charge in [-0.15, -0.1) is 22.7 Å². The largest absolute Gasteiger partial charge is 0.321 e. The zero-order valence-corrected chi connectivity index (χ0v) is 16.9. The molecule has 2 heterocycles. The number of nitrogens with zero attached hydrogens (tertiary/aromatic N) is 2. The van der Waals surface area contributed by atoms with E-state index in [0.717, 1.165) is 40.9 Å². The molecule has 4 nitrogen and oxygen atoms in total. The van der Waals surface area contributed by atoms with Crippen LogP contribution in [0.25, 0.3) is 9.88 Å². The number of benzene rings is 1. The third kappa shape index (κ3) is 4.38. The summed E-state index contributed by atoms with van der Waals surface area (Å²) in [6, 6.07) is 12.1. The molecule has 3 rings (SSSR count). The molecule has 136 valence electrons. The van der Waals surface area contributed by atoms with Gasteiger partial charge in [-0.25, -0.2) is 4.98 Å². The fourth-order valence-corrected chi connectivity index (χ4v) is 4.51. The molecule has 0 aliphatic heterocycles. The molecule has 3 aromatic rings. The fourth-order valence-electron chi connectivity index (χ4n) is 2.75. The first-order valence-electron chi connectivity index (χ1n) is 8.74. The summed E-state index contributed by atoms with van der Waals surface area (Å²) in [5.41, 5.74) is 2.80. The van der Waals surface area contributed by atoms with Crippen molar-refractivity contribution in [2.75, 3.05) is 18.4 Å². The number of amides is 1. The van der Waals surface area contributed by atoms with Crippen LogP contribution in [0.2, 0.25) is 0 Å². The number of thiophene rings is 1. The molecule has 0 atom stereocenters. The molecule has 0 saturated heterocycles. The van der Waals surface area contributed by atoms with Crippen molar-refractivity contribution in [2.45, 2.75) is 27.3 Å². The molecule has 1 N–H and O–H groups in total. The van der Waals surface area contributed by atoms with Crippen LogP contribution in [0.3, 0.4) is 0 Å². The van der Waals surface area contributed by atoms with Crippen molar-refractivity contribution < 1.29 is 4.79 Å². The Kier molecular flexibility index (Phi) is 6.19. The molecule has 1 amide bonds. The highest BCUT2D eigenvalue weighted by Crippen LogP contribution is 2.31. The number of nitrogens with one attached hydrogen (secondary N) is 1. The van der Waals surface area contributed by atoms with E-state index in [-0.39, 0.29) is 5.91 Å². The Bertz CT molecular complexity index is 867. The topological polar surface area (TPSA) is 45.2 Å². The van der Waals surface area contributed by atoms with Gasteiger partial charge in [-0.3, -0.25) is 9.69 Å². The lowest BCUT2D eigenvalue weighted by Gasteiger charge is -2.18. The van der Waals surface area contributed by atoms with E-state index >= 15 is 0 Å². The highest BCUT2D eigenvalue weighted by atomic mass is 32.1. The summed E-state index contributed by atoms with van der Waals surface area (Å²) in [5, 5.41) is 5.95. The second-order valence-corrected chi connectivity index (χ2v) is 7.97. The average Bonchev–Trinajstić information content (AvgIpc) is 3.29. The van der Waals surface area contributed by atoms with E-state index in [0.29, 0.717) is 4.88 Å². The van der Waals surface area contributed by atoms with Gasteiger partial charge >= 0.3 is 0 Å². The van der Waals surface area contributed by atoms with Crippen molar-refractivity contribution in [3.8, 4) is 9.88 Å². The molecule has 0 spiro atoms. The van der Waals surface area contributed by atoms with Crippen LogP contribution in [0.1, 0.15) is 34.8 Å². The van der Waals surface area contributed by atoms with Crippen LogP contribution in [0, 0.1) is 6.92 Å². The number of aryl methyl sites for hydroxylation is 1. The average molecular weight is 386 g/mol. The van der Waals surface area contributed by atoms with Crippen molar-refractivity contribution in [2.24, 2.45) is 0 Å². The lowest BCUT2D eigenvalue weighted by molar-refractivity contribution is 0.103. The summed E-state index contributed by atoms with van der Waals surface area (Å²) >= 11 is 3.08. The molecule has 1 aromatic carbocycles. The normalized spacial score (nSPS) is 11.1.